The predicted molar refractivity (Wildman–Crippen MR) is 61.5 cm³/mol. The van der Waals surface area contributed by atoms with E-state index in [1.165, 1.54) is 13.1 Å². The van der Waals surface area contributed by atoms with Gasteiger partial charge in [-0.15, -0.1) is 0 Å². The van der Waals surface area contributed by atoms with Crippen molar-refractivity contribution >= 4 is 5.95 Å². The van der Waals surface area contributed by atoms with Crippen molar-refractivity contribution in [2.45, 2.75) is 31.0 Å². The highest BCUT2D eigenvalue weighted by Gasteiger charge is 2.53. The molecule has 1 saturated heterocycles. The molecule has 106 valence electrons. The molecule has 5 N–H and O–H groups in total. The molecule has 0 aliphatic carbocycles. The van der Waals surface area contributed by atoms with E-state index in [-0.39, 0.29) is 5.95 Å². The summed E-state index contributed by atoms with van der Waals surface area (Å²) in [6.07, 6.45) is -2.18. The lowest BCUT2D eigenvalue weighted by Gasteiger charge is -2.28. The second-order valence-corrected chi connectivity index (χ2v) is 4.49. The van der Waals surface area contributed by atoms with Crippen molar-refractivity contribution in [1.29, 1.82) is 0 Å². The van der Waals surface area contributed by atoms with Crippen molar-refractivity contribution in [3.63, 3.8) is 0 Å². The van der Waals surface area contributed by atoms with Crippen molar-refractivity contribution in [2.75, 3.05) is 12.1 Å². The molecule has 2 rings (SSSR count). The quantitative estimate of drug-likeness (QED) is 0.401. The predicted octanol–water partition coefficient (Wildman–Crippen LogP) is -1.95. The van der Waals surface area contributed by atoms with E-state index in [2.05, 4.69) is 4.98 Å². The molecular formula is C10H15N3O6. The van der Waals surface area contributed by atoms with Crippen molar-refractivity contribution in [2.24, 2.45) is 0 Å². The van der Waals surface area contributed by atoms with Gasteiger partial charge in [-0.3, -0.25) is 14.6 Å². The number of rotatable bonds is 3. The third kappa shape index (κ3) is 2.22. The molecular weight excluding hydrogens is 258 g/mol. The van der Waals surface area contributed by atoms with Crippen LogP contribution in [0.5, 0.6) is 0 Å². The van der Waals surface area contributed by atoms with E-state index in [1.54, 1.807) is 5.48 Å². The van der Waals surface area contributed by atoms with Crippen molar-refractivity contribution < 1.29 is 25.3 Å². The van der Waals surface area contributed by atoms with Gasteiger partial charge in [-0.2, -0.15) is 4.98 Å². The standard InChI is InChI=1S/C10H15N3O6/c1-10(17)7(16)5(4-14)19-8(10)13-3-2-6(15)11-9(13)12-18/h2-3,5,7-8,14,16-18H,4H2,1H3,(H,11,12,15)/t5-,7-,8-,10-/m1/s1. The van der Waals surface area contributed by atoms with Gasteiger partial charge in [0.25, 0.3) is 5.56 Å². The molecule has 0 spiro atoms. The topological polar surface area (TPSA) is 137 Å². The Balaban J connectivity index is 2.44. The van der Waals surface area contributed by atoms with Crippen LogP contribution in [0, 0.1) is 0 Å². The number of nitrogens with one attached hydrogen (secondary N) is 1. The Morgan fingerprint density at radius 3 is 2.84 bits per heavy atom. The Morgan fingerprint density at radius 1 is 1.63 bits per heavy atom. The molecule has 0 unspecified atom stereocenters. The lowest BCUT2D eigenvalue weighted by atomic mass is 9.96. The number of anilines is 1. The summed E-state index contributed by atoms with van der Waals surface area (Å²) >= 11 is 0. The molecule has 0 saturated carbocycles. The normalized spacial score (nSPS) is 34.5. The van der Waals surface area contributed by atoms with Gasteiger partial charge in [-0.1, -0.05) is 0 Å². The third-order valence-corrected chi connectivity index (χ3v) is 3.13. The SMILES string of the molecule is C[C@@]1(O)[C@H](O)[C@@H](CO)O[C@H]1n1ccc(=O)nc1NO. The molecule has 0 radical (unpaired) electrons. The summed E-state index contributed by atoms with van der Waals surface area (Å²) in [5, 5.41) is 38.1. The van der Waals surface area contributed by atoms with E-state index in [9.17, 15) is 15.0 Å². The van der Waals surface area contributed by atoms with E-state index >= 15 is 0 Å². The summed E-state index contributed by atoms with van der Waals surface area (Å²) in [5.41, 5.74) is -0.604. The summed E-state index contributed by atoms with van der Waals surface area (Å²) in [6.45, 7) is 0.834. The van der Waals surface area contributed by atoms with Crippen LogP contribution in [-0.4, -0.2) is 54.5 Å². The number of nitrogens with zero attached hydrogens (tertiary/aromatic N) is 2. The van der Waals surface area contributed by atoms with Gasteiger partial charge >= 0.3 is 0 Å². The summed E-state index contributed by atoms with van der Waals surface area (Å²) in [6, 6.07) is 1.11. The maximum absolute atomic E-state index is 11.1. The molecule has 1 aromatic heterocycles. The summed E-state index contributed by atoms with van der Waals surface area (Å²) < 4.78 is 6.48. The zero-order chi connectivity index (χ0) is 14.2. The first kappa shape index (κ1) is 13.9. The van der Waals surface area contributed by atoms with Crippen LogP contribution in [0.2, 0.25) is 0 Å². The van der Waals surface area contributed by atoms with Crippen LogP contribution in [0.1, 0.15) is 13.2 Å². The summed E-state index contributed by atoms with van der Waals surface area (Å²) in [4.78, 5) is 14.6. The van der Waals surface area contributed by atoms with E-state index in [1.807, 2.05) is 0 Å². The van der Waals surface area contributed by atoms with E-state index < -0.39 is 36.2 Å². The Bertz CT molecular complexity index is 516. The lowest BCUT2D eigenvalue weighted by Crippen LogP contribution is -2.44. The monoisotopic (exact) mass is 273 g/mol. The maximum atomic E-state index is 11.1. The third-order valence-electron chi connectivity index (χ3n) is 3.13. The second kappa shape index (κ2) is 4.87. The van der Waals surface area contributed by atoms with Crippen LogP contribution in [0.15, 0.2) is 17.1 Å². The number of aliphatic hydroxyl groups excluding tert-OH is 2. The molecule has 0 amide bonds. The van der Waals surface area contributed by atoms with Crippen LogP contribution < -0.4 is 11.0 Å². The first-order chi connectivity index (χ1) is 8.91. The molecule has 1 aliphatic rings. The Labute approximate surface area is 107 Å². The first-order valence-electron chi connectivity index (χ1n) is 5.58. The average Bonchev–Trinajstić information content (AvgIpc) is 2.61. The Hall–Kier alpha value is -1.52. The average molecular weight is 273 g/mol. The van der Waals surface area contributed by atoms with Crippen LogP contribution in [0.25, 0.3) is 0 Å². The highest BCUT2D eigenvalue weighted by atomic mass is 16.6. The molecule has 1 aliphatic heterocycles. The maximum Gasteiger partial charge on any atom is 0.274 e. The molecule has 9 heteroatoms. The molecule has 0 aromatic carbocycles. The summed E-state index contributed by atoms with van der Waals surface area (Å²) in [7, 11) is 0. The van der Waals surface area contributed by atoms with Gasteiger partial charge in [0, 0.05) is 12.3 Å². The van der Waals surface area contributed by atoms with Crippen LogP contribution in [0.4, 0.5) is 5.95 Å². The van der Waals surface area contributed by atoms with E-state index in [0.29, 0.717) is 0 Å². The van der Waals surface area contributed by atoms with Gasteiger partial charge in [-0.25, -0.2) is 5.48 Å². The Morgan fingerprint density at radius 2 is 2.32 bits per heavy atom. The fourth-order valence-electron chi connectivity index (χ4n) is 2.08. The fraction of sp³-hybridized carbons (Fsp3) is 0.600. The molecule has 0 bridgehead atoms. The smallest absolute Gasteiger partial charge is 0.274 e. The van der Waals surface area contributed by atoms with E-state index in [0.717, 1.165) is 10.6 Å². The number of aliphatic hydroxyl groups is 3. The van der Waals surface area contributed by atoms with Gasteiger partial charge in [0.15, 0.2) is 6.23 Å². The van der Waals surface area contributed by atoms with Crippen LogP contribution in [-0.2, 0) is 4.74 Å². The van der Waals surface area contributed by atoms with Crippen molar-refractivity contribution in [3.8, 4) is 0 Å². The lowest BCUT2D eigenvalue weighted by molar-refractivity contribution is -0.0966. The number of hydrogen-bond donors (Lipinski definition) is 5. The van der Waals surface area contributed by atoms with Crippen LogP contribution >= 0.6 is 0 Å². The molecule has 1 fully saturated rings. The van der Waals surface area contributed by atoms with Crippen molar-refractivity contribution in [1.82, 2.24) is 9.55 Å². The van der Waals surface area contributed by atoms with Gasteiger partial charge < -0.3 is 20.1 Å². The zero-order valence-corrected chi connectivity index (χ0v) is 10.1. The zero-order valence-electron chi connectivity index (χ0n) is 10.1. The highest BCUT2D eigenvalue weighted by molar-refractivity contribution is 5.23. The minimum absolute atomic E-state index is 0.247. The van der Waals surface area contributed by atoms with Crippen molar-refractivity contribution in [3.05, 3.63) is 22.6 Å². The molecule has 2 heterocycles. The van der Waals surface area contributed by atoms with Crippen LogP contribution in [0.3, 0.4) is 0 Å². The minimum Gasteiger partial charge on any atom is -0.394 e. The Kier molecular flexibility index (Phi) is 3.56. The van der Waals surface area contributed by atoms with Gasteiger partial charge in [0.05, 0.1) is 6.61 Å². The largest absolute Gasteiger partial charge is 0.394 e. The molecule has 1 aromatic rings. The number of hydrogen-bond acceptors (Lipinski definition) is 8. The fourth-order valence-corrected chi connectivity index (χ4v) is 2.08. The molecule has 4 atom stereocenters. The van der Waals surface area contributed by atoms with Gasteiger partial charge in [0.2, 0.25) is 5.95 Å². The number of aromatic nitrogens is 2. The highest BCUT2D eigenvalue weighted by Crippen LogP contribution is 2.38. The second-order valence-electron chi connectivity index (χ2n) is 4.49. The molecule has 19 heavy (non-hydrogen) atoms. The molecule has 9 nitrogen and oxygen atoms in total. The van der Waals surface area contributed by atoms with Gasteiger partial charge in [-0.05, 0) is 6.92 Å². The first-order valence-corrected chi connectivity index (χ1v) is 5.58. The number of ether oxygens (including phenoxy) is 1. The van der Waals surface area contributed by atoms with E-state index in [4.69, 9.17) is 15.1 Å². The van der Waals surface area contributed by atoms with Gasteiger partial charge in [0.1, 0.15) is 17.8 Å². The minimum atomic E-state index is -1.73. The summed E-state index contributed by atoms with van der Waals surface area (Å²) in [5.74, 6) is -0.247.